The fourth-order valence-corrected chi connectivity index (χ4v) is 7.99. The molecule has 56 heavy (non-hydrogen) atoms. The summed E-state index contributed by atoms with van der Waals surface area (Å²) in [5, 5.41) is 4.53. The van der Waals surface area contributed by atoms with Gasteiger partial charge in [0.15, 0.2) is 17.5 Å². The Hall–Kier alpha value is -7.63. The van der Waals surface area contributed by atoms with Gasteiger partial charge in [0.2, 0.25) is 0 Å². The van der Waals surface area contributed by atoms with Crippen molar-refractivity contribution in [3.63, 3.8) is 0 Å². The van der Waals surface area contributed by atoms with Crippen LogP contribution in [0.25, 0.3) is 106 Å². The van der Waals surface area contributed by atoms with Gasteiger partial charge in [-0.15, -0.1) is 0 Å². The van der Waals surface area contributed by atoms with Crippen molar-refractivity contribution in [2.24, 2.45) is 0 Å². The van der Waals surface area contributed by atoms with Crippen molar-refractivity contribution in [3.8, 4) is 62.1 Å². The molecule has 3 aromatic heterocycles. The minimum atomic E-state index is 0.606. The van der Waals surface area contributed by atoms with Crippen LogP contribution in [0.4, 0.5) is 0 Å². The van der Waals surface area contributed by atoms with Crippen LogP contribution in [0.2, 0.25) is 0 Å². The van der Waals surface area contributed by atoms with Gasteiger partial charge in [-0.05, 0) is 89.0 Å². The molecule has 0 aliphatic rings. The van der Waals surface area contributed by atoms with E-state index in [1.54, 1.807) is 0 Å². The minimum Gasteiger partial charge on any atom is -0.456 e. The Balaban J connectivity index is 1.08. The lowest BCUT2D eigenvalue weighted by atomic mass is 9.94. The molecule has 0 aliphatic heterocycles. The van der Waals surface area contributed by atoms with Crippen LogP contribution in [0.15, 0.2) is 199 Å². The third-order valence-electron chi connectivity index (χ3n) is 10.7. The van der Waals surface area contributed by atoms with Crippen LogP contribution in [-0.2, 0) is 0 Å². The van der Waals surface area contributed by atoms with Crippen LogP contribution in [0.3, 0.4) is 0 Å². The topological polar surface area (TPSA) is 56.7 Å². The van der Waals surface area contributed by atoms with Crippen molar-refractivity contribution in [1.82, 2.24) is 19.5 Å². The lowest BCUT2D eigenvalue weighted by Crippen LogP contribution is -2.00. The van der Waals surface area contributed by atoms with Gasteiger partial charge in [0, 0.05) is 43.9 Å². The Kier molecular flexibility index (Phi) is 7.42. The molecule has 0 atom stereocenters. The summed E-state index contributed by atoms with van der Waals surface area (Å²) in [6, 6.07) is 67.6. The van der Waals surface area contributed by atoms with E-state index in [2.05, 4.69) is 138 Å². The Labute approximate surface area is 322 Å². The summed E-state index contributed by atoms with van der Waals surface area (Å²) in [5.41, 5.74) is 12.5. The van der Waals surface area contributed by atoms with Crippen LogP contribution in [0, 0.1) is 0 Å². The average Bonchev–Trinajstić information content (AvgIpc) is 3.82. The first-order valence-electron chi connectivity index (χ1n) is 18.8. The van der Waals surface area contributed by atoms with Gasteiger partial charge in [0.05, 0.1) is 11.0 Å². The van der Waals surface area contributed by atoms with E-state index in [4.69, 9.17) is 19.4 Å². The molecule has 0 fully saturated rings. The summed E-state index contributed by atoms with van der Waals surface area (Å²) >= 11 is 0. The fraction of sp³-hybridized carbons (Fsp3) is 0. The highest BCUT2D eigenvalue weighted by Gasteiger charge is 2.19. The first kappa shape index (κ1) is 31.9. The normalized spacial score (nSPS) is 11.6. The zero-order valence-electron chi connectivity index (χ0n) is 30.2. The minimum absolute atomic E-state index is 0.606. The molecule has 0 amide bonds. The third kappa shape index (κ3) is 5.37. The number of para-hydroxylation sites is 2. The number of hydrogen-bond donors (Lipinski definition) is 0. The molecule has 0 N–H and O–H groups in total. The van der Waals surface area contributed by atoms with Gasteiger partial charge in [-0.25, -0.2) is 15.0 Å². The van der Waals surface area contributed by atoms with E-state index in [0.29, 0.717) is 17.5 Å². The number of nitrogens with zero attached hydrogens (tertiary/aromatic N) is 4. The van der Waals surface area contributed by atoms with Crippen molar-refractivity contribution in [2.75, 3.05) is 0 Å². The van der Waals surface area contributed by atoms with Crippen LogP contribution in [-0.4, -0.2) is 19.5 Å². The summed E-state index contributed by atoms with van der Waals surface area (Å²) in [6.45, 7) is 0. The molecule has 11 aromatic rings. The monoisotopic (exact) mass is 716 g/mol. The highest BCUT2D eigenvalue weighted by Crippen LogP contribution is 2.42. The summed E-state index contributed by atoms with van der Waals surface area (Å²) in [7, 11) is 0. The lowest BCUT2D eigenvalue weighted by molar-refractivity contribution is 0.669. The number of benzene rings is 8. The SMILES string of the molecule is c1ccc(-c2cc(-c3ccccc3)c3c4ccccc4n(-c4ccc(-c5nc(-c6ccccc6)nc(-c6ccc7oc8ccccc8c7c6)n5)cc4)c3c2)cc1. The van der Waals surface area contributed by atoms with Crippen molar-refractivity contribution in [1.29, 1.82) is 0 Å². The molecule has 0 spiro atoms. The zero-order chi connectivity index (χ0) is 37.0. The Bertz CT molecular complexity index is 3220. The first-order valence-corrected chi connectivity index (χ1v) is 18.8. The lowest BCUT2D eigenvalue weighted by Gasteiger charge is -2.13. The van der Waals surface area contributed by atoms with E-state index in [-0.39, 0.29) is 0 Å². The summed E-state index contributed by atoms with van der Waals surface area (Å²) in [4.78, 5) is 15.1. The maximum absolute atomic E-state index is 6.13. The van der Waals surface area contributed by atoms with E-state index in [1.807, 2.05) is 60.7 Å². The smallest absolute Gasteiger partial charge is 0.164 e. The summed E-state index contributed by atoms with van der Waals surface area (Å²) < 4.78 is 8.51. The third-order valence-corrected chi connectivity index (χ3v) is 10.7. The number of furan rings is 1. The largest absolute Gasteiger partial charge is 0.456 e. The van der Waals surface area contributed by atoms with Gasteiger partial charge in [-0.3, -0.25) is 0 Å². The van der Waals surface area contributed by atoms with Crippen LogP contribution in [0.1, 0.15) is 0 Å². The van der Waals surface area contributed by atoms with Crippen molar-refractivity contribution < 1.29 is 4.42 Å². The molecule has 8 aromatic carbocycles. The first-order chi connectivity index (χ1) is 27.7. The number of hydrogen-bond acceptors (Lipinski definition) is 4. The van der Waals surface area contributed by atoms with Crippen molar-refractivity contribution in [2.45, 2.75) is 0 Å². The molecule has 0 saturated carbocycles. The van der Waals surface area contributed by atoms with Crippen LogP contribution in [0.5, 0.6) is 0 Å². The van der Waals surface area contributed by atoms with Gasteiger partial charge in [0.1, 0.15) is 11.2 Å². The van der Waals surface area contributed by atoms with E-state index in [9.17, 15) is 0 Å². The quantitative estimate of drug-likeness (QED) is 0.172. The van der Waals surface area contributed by atoms with Gasteiger partial charge in [-0.2, -0.15) is 0 Å². The highest BCUT2D eigenvalue weighted by atomic mass is 16.3. The van der Waals surface area contributed by atoms with Crippen LogP contribution >= 0.6 is 0 Å². The predicted octanol–water partition coefficient (Wildman–Crippen LogP) is 13.2. The summed E-state index contributed by atoms with van der Waals surface area (Å²) in [5.74, 6) is 1.84. The summed E-state index contributed by atoms with van der Waals surface area (Å²) in [6.07, 6.45) is 0. The molecule has 262 valence electrons. The molecule has 0 radical (unpaired) electrons. The second-order valence-electron chi connectivity index (χ2n) is 14.0. The highest BCUT2D eigenvalue weighted by molar-refractivity contribution is 6.17. The molecule has 0 unspecified atom stereocenters. The van der Waals surface area contributed by atoms with Gasteiger partial charge < -0.3 is 8.98 Å². The Morgan fingerprint density at radius 1 is 0.339 bits per heavy atom. The molecule has 0 saturated heterocycles. The number of rotatable bonds is 6. The maximum Gasteiger partial charge on any atom is 0.164 e. The molecule has 3 heterocycles. The Morgan fingerprint density at radius 2 is 0.875 bits per heavy atom. The van der Waals surface area contributed by atoms with E-state index >= 15 is 0 Å². The second kappa shape index (κ2) is 13.0. The van der Waals surface area contributed by atoms with Gasteiger partial charge in [0.25, 0.3) is 0 Å². The van der Waals surface area contributed by atoms with Gasteiger partial charge in [-0.1, -0.05) is 127 Å². The molecule has 5 nitrogen and oxygen atoms in total. The van der Waals surface area contributed by atoms with E-state index < -0.39 is 0 Å². The standard InChI is InChI=1S/C51H32N4O/c1-4-14-33(15-5-1)38-31-42(34-16-6-2-7-17-34)48-41-21-10-12-22-44(41)55(45(48)32-38)39-27-24-36(25-28-39)50-52-49(35-18-8-3-9-19-35)53-51(54-50)37-26-29-47-43(30-37)40-20-11-13-23-46(40)56-47/h1-32H. The molecule has 0 bridgehead atoms. The maximum atomic E-state index is 6.13. The molecule has 5 heteroatoms. The fourth-order valence-electron chi connectivity index (χ4n) is 7.99. The molecule has 11 rings (SSSR count). The van der Waals surface area contributed by atoms with E-state index in [1.165, 1.54) is 33.0 Å². The van der Waals surface area contributed by atoms with E-state index in [0.717, 1.165) is 55.3 Å². The zero-order valence-corrected chi connectivity index (χ0v) is 30.2. The predicted molar refractivity (Wildman–Crippen MR) is 229 cm³/mol. The van der Waals surface area contributed by atoms with Crippen LogP contribution < -0.4 is 0 Å². The van der Waals surface area contributed by atoms with Crippen molar-refractivity contribution in [3.05, 3.63) is 194 Å². The number of aromatic nitrogens is 4. The van der Waals surface area contributed by atoms with Crippen molar-refractivity contribution >= 4 is 43.7 Å². The Morgan fingerprint density at radius 3 is 1.59 bits per heavy atom. The molecular weight excluding hydrogens is 685 g/mol. The second-order valence-corrected chi connectivity index (χ2v) is 14.0. The average molecular weight is 717 g/mol. The van der Waals surface area contributed by atoms with Gasteiger partial charge >= 0.3 is 0 Å². The molecule has 0 aliphatic carbocycles. The number of fused-ring (bicyclic) bond motifs is 6. The molecular formula is C51H32N4O.